The highest BCUT2D eigenvalue weighted by molar-refractivity contribution is 9.10. The lowest BCUT2D eigenvalue weighted by Crippen LogP contribution is -2.32. The third kappa shape index (κ3) is 5.60. The first-order chi connectivity index (χ1) is 9.72. The summed E-state index contributed by atoms with van der Waals surface area (Å²) in [5, 5.41) is 0. The van der Waals surface area contributed by atoms with Gasteiger partial charge in [-0.3, -0.25) is 0 Å². The van der Waals surface area contributed by atoms with Gasteiger partial charge in [-0.2, -0.15) is 4.98 Å². The number of anilines is 1. The lowest BCUT2D eigenvalue weighted by atomic mass is 10.5. The highest BCUT2D eigenvalue weighted by Crippen LogP contribution is 2.23. The largest absolute Gasteiger partial charge is 0.480 e. The summed E-state index contributed by atoms with van der Waals surface area (Å²) in [6, 6.07) is 0. The summed E-state index contributed by atoms with van der Waals surface area (Å²) in [6.07, 6.45) is 1.69. The highest BCUT2D eigenvalue weighted by atomic mass is 79.9. The Bertz CT molecular complexity index is 383. The molecule has 0 fully saturated rings. The van der Waals surface area contributed by atoms with Crippen LogP contribution in [0.25, 0.3) is 0 Å². The predicted octanol–water partition coefficient (Wildman–Crippen LogP) is 2.13. The number of methoxy groups -OCH3 is 1. The van der Waals surface area contributed by atoms with Crippen LogP contribution >= 0.6 is 15.9 Å². The van der Waals surface area contributed by atoms with Gasteiger partial charge in [0.2, 0.25) is 11.8 Å². The molecule has 1 rings (SSSR count). The fourth-order valence-electron chi connectivity index (χ4n) is 1.59. The van der Waals surface area contributed by atoms with Crippen molar-refractivity contribution < 1.29 is 14.2 Å². The van der Waals surface area contributed by atoms with Crippen molar-refractivity contribution in [2.75, 3.05) is 51.5 Å². The van der Waals surface area contributed by atoms with Crippen LogP contribution in [0.4, 0.5) is 5.95 Å². The summed E-state index contributed by atoms with van der Waals surface area (Å²) >= 11 is 3.35. The van der Waals surface area contributed by atoms with Gasteiger partial charge in [-0.05, 0) is 29.8 Å². The Kier molecular flexibility index (Phi) is 8.48. The van der Waals surface area contributed by atoms with Gasteiger partial charge in [0.25, 0.3) is 0 Å². The van der Waals surface area contributed by atoms with Crippen molar-refractivity contribution in [2.24, 2.45) is 0 Å². The Morgan fingerprint density at radius 1 is 1.15 bits per heavy atom. The average molecular weight is 348 g/mol. The van der Waals surface area contributed by atoms with Gasteiger partial charge in [0.1, 0.15) is 0 Å². The maximum atomic E-state index is 5.39. The Morgan fingerprint density at radius 3 is 2.25 bits per heavy atom. The standard InChI is InChI=1S/C13H22BrN3O3/c1-4-19-8-6-17(7-9-20-5-2)13-15-10-11(14)12(16-13)18-3/h10H,4-9H2,1-3H3. The fraction of sp³-hybridized carbons (Fsp3) is 0.692. The molecule has 20 heavy (non-hydrogen) atoms. The van der Waals surface area contributed by atoms with Gasteiger partial charge in [-0.15, -0.1) is 0 Å². The molecular weight excluding hydrogens is 326 g/mol. The van der Waals surface area contributed by atoms with Crippen molar-refractivity contribution in [3.63, 3.8) is 0 Å². The van der Waals surface area contributed by atoms with Crippen molar-refractivity contribution in [1.82, 2.24) is 9.97 Å². The summed E-state index contributed by atoms with van der Waals surface area (Å²) in [4.78, 5) is 10.7. The number of nitrogens with zero attached hydrogens (tertiary/aromatic N) is 3. The van der Waals surface area contributed by atoms with Crippen molar-refractivity contribution in [2.45, 2.75) is 13.8 Å². The SMILES string of the molecule is CCOCCN(CCOCC)c1ncc(Br)c(OC)n1. The maximum Gasteiger partial charge on any atom is 0.232 e. The molecule has 0 saturated carbocycles. The molecule has 1 aromatic rings. The molecule has 0 aliphatic rings. The lowest BCUT2D eigenvalue weighted by molar-refractivity contribution is 0.141. The summed E-state index contributed by atoms with van der Waals surface area (Å²) < 4.78 is 16.7. The van der Waals surface area contributed by atoms with E-state index in [1.54, 1.807) is 13.3 Å². The number of aromatic nitrogens is 2. The van der Waals surface area contributed by atoms with Crippen molar-refractivity contribution in [3.05, 3.63) is 10.7 Å². The molecule has 0 amide bonds. The monoisotopic (exact) mass is 347 g/mol. The van der Waals surface area contributed by atoms with Crippen LogP contribution < -0.4 is 9.64 Å². The molecule has 0 saturated heterocycles. The van der Waals surface area contributed by atoms with E-state index in [0.29, 0.717) is 51.3 Å². The van der Waals surface area contributed by atoms with E-state index in [0.717, 1.165) is 4.47 Å². The van der Waals surface area contributed by atoms with Crippen LogP contribution in [0.5, 0.6) is 5.88 Å². The van der Waals surface area contributed by atoms with Gasteiger partial charge in [0, 0.05) is 26.3 Å². The predicted molar refractivity (Wildman–Crippen MR) is 81.5 cm³/mol. The number of hydrogen-bond acceptors (Lipinski definition) is 6. The molecular formula is C13H22BrN3O3. The zero-order valence-electron chi connectivity index (χ0n) is 12.3. The fourth-order valence-corrected chi connectivity index (χ4v) is 1.94. The van der Waals surface area contributed by atoms with Gasteiger partial charge < -0.3 is 19.1 Å². The van der Waals surface area contributed by atoms with E-state index < -0.39 is 0 Å². The molecule has 0 atom stereocenters. The first-order valence-electron chi connectivity index (χ1n) is 6.69. The number of ether oxygens (including phenoxy) is 3. The highest BCUT2D eigenvalue weighted by Gasteiger charge is 2.12. The van der Waals surface area contributed by atoms with E-state index in [4.69, 9.17) is 14.2 Å². The van der Waals surface area contributed by atoms with E-state index >= 15 is 0 Å². The van der Waals surface area contributed by atoms with Crippen molar-refractivity contribution >= 4 is 21.9 Å². The zero-order valence-corrected chi connectivity index (χ0v) is 13.9. The molecule has 114 valence electrons. The van der Waals surface area contributed by atoms with E-state index in [9.17, 15) is 0 Å². The third-order valence-corrected chi connectivity index (χ3v) is 3.14. The Balaban J connectivity index is 2.73. The molecule has 0 aromatic carbocycles. The van der Waals surface area contributed by atoms with Crippen molar-refractivity contribution in [3.8, 4) is 5.88 Å². The second-order valence-electron chi connectivity index (χ2n) is 3.91. The van der Waals surface area contributed by atoms with E-state index in [-0.39, 0.29) is 0 Å². The summed E-state index contributed by atoms with van der Waals surface area (Å²) in [5.74, 6) is 1.14. The molecule has 7 heteroatoms. The summed E-state index contributed by atoms with van der Waals surface area (Å²) in [5.41, 5.74) is 0. The summed E-state index contributed by atoms with van der Waals surface area (Å²) in [6.45, 7) is 8.03. The lowest BCUT2D eigenvalue weighted by Gasteiger charge is -2.22. The van der Waals surface area contributed by atoms with Gasteiger partial charge in [0.05, 0.1) is 31.0 Å². The van der Waals surface area contributed by atoms with Gasteiger partial charge in [0.15, 0.2) is 0 Å². The molecule has 0 spiro atoms. The van der Waals surface area contributed by atoms with Crippen LogP contribution in [0.15, 0.2) is 10.7 Å². The minimum atomic E-state index is 0.521. The molecule has 0 aliphatic heterocycles. The Labute approximate surface area is 128 Å². The third-order valence-electron chi connectivity index (χ3n) is 2.59. The topological polar surface area (TPSA) is 56.7 Å². The number of halogens is 1. The second kappa shape index (κ2) is 9.90. The van der Waals surface area contributed by atoms with Gasteiger partial charge in [-0.25, -0.2) is 4.98 Å². The van der Waals surface area contributed by atoms with Crippen LogP contribution in [0.1, 0.15) is 13.8 Å². The van der Waals surface area contributed by atoms with Crippen LogP contribution in [0, 0.1) is 0 Å². The smallest absolute Gasteiger partial charge is 0.232 e. The van der Waals surface area contributed by atoms with E-state index in [1.165, 1.54) is 0 Å². The molecule has 0 N–H and O–H groups in total. The Morgan fingerprint density at radius 2 is 1.75 bits per heavy atom. The number of hydrogen-bond donors (Lipinski definition) is 0. The second-order valence-corrected chi connectivity index (χ2v) is 4.76. The normalized spacial score (nSPS) is 10.6. The van der Waals surface area contributed by atoms with E-state index in [1.807, 2.05) is 18.7 Å². The van der Waals surface area contributed by atoms with Gasteiger partial charge >= 0.3 is 0 Å². The number of rotatable bonds is 10. The molecule has 0 aliphatic carbocycles. The molecule has 6 nitrogen and oxygen atoms in total. The maximum absolute atomic E-state index is 5.39. The molecule has 0 unspecified atom stereocenters. The van der Waals surface area contributed by atoms with Crippen molar-refractivity contribution in [1.29, 1.82) is 0 Å². The summed E-state index contributed by atoms with van der Waals surface area (Å²) in [7, 11) is 1.58. The van der Waals surface area contributed by atoms with Crippen LogP contribution in [0.3, 0.4) is 0 Å². The molecule has 1 aromatic heterocycles. The molecule has 1 heterocycles. The average Bonchev–Trinajstić information content (AvgIpc) is 2.47. The first-order valence-corrected chi connectivity index (χ1v) is 7.49. The van der Waals surface area contributed by atoms with Crippen LogP contribution in [-0.4, -0.2) is 56.6 Å². The molecule has 0 bridgehead atoms. The van der Waals surface area contributed by atoms with Crippen LogP contribution in [-0.2, 0) is 9.47 Å². The first kappa shape index (κ1) is 17.1. The van der Waals surface area contributed by atoms with Crippen LogP contribution in [0.2, 0.25) is 0 Å². The van der Waals surface area contributed by atoms with E-state index in [2.05, 4.69) is 25.9 Å². The quantitative estimate of drug-likeness (QED) is 0.604. The molecule has 0 radical (unpaired) electrons. The Hall–Kier alpha value is -0.920. The van der Waals surface area contributed by atoms with Gasteiger partial charge in [-0.1, -0.05) is 0 Å². The zero-order chi connectivity index (χ0) is 14.8. The minimum absolute atomic E-state index is 0.521. The minimum Gasteiger partial charge on any atom is -0.480 e.